The summed E-state index contributed by atoms with van der Waals surface area (Å²) in [6.07, 6.45) is 6.00. The van der Waals surface area contributed by atoms with Crippen LogP contribution in [-0.4, -0.2) is 38.7 Å². The Morgan fingerprint density at radius 2 is 1.79 bits per heavy atom. The van der Waals surface area contributed by atoms with Gasteiger partial charge < -0.3 is 5.32 Å². The topological polar surface area (TPSA) is 63.1 Å². The molecule has 144 valence electrons. The second-order valence-corrected chi connectivity index (χ2v) is 7.20. The van der Waals surface area contributed by atoms with Crippen molar-refractivity contribution in [1.82, 2.24) is 19.7 Å². The van der Waals surface area contributed by atoms with Gasteiger partial charge in [0, 0.05) is 31.9 Å². The van der Waals surface area contributed by atoms with E-state index >= 15 is 0 Å². The summed E-state index contributed by atoms with van der Waals surface area (Å²) >= 11 is 0. The highest BCUT2D eigenvalue weighted by Crippen LogP contribution is 2.26. The first-order chi connectivity index (χ1) is 13.8. The predicted molar refractivity (Wildman–Crippen MR) is 109 cm³/mol. The first-order valence-corrected chi connectivity index (χ1v) is 9.77. The fourth-order valence-corrected chi connectivity index (χ4v) is 3.72. The van der Waals surface area contributed by atoms with Crippen molar-refractivity contribution in [2.75, 3.05) is 18.4 Å². The quantitative estimate of drug-likeness (QED) is 0.718. The number of carbonyl (C=O) groups is 1. The molecule has 1 amide bonds. The van der Waals surface area contributed by atoms with Gasteiger partial charge in [-0.15, -0.1) is 0 Å². The van der Waals surface area contributed by atoms with Gasteiger partial charge in [0.1, 0.15) is 5.82 Å². The molecule has 28 heavy (non-hydrogen) atoms. The molecule has 4 rings (SSSR count). The number of carbonyl (C=O) groups excluding carboxylic acids is 1. The van der Waals surface area contributed by atoms with Crippen LogP contribution in [0, 0.1) is 0 Å². The van der Waals surface area contributed by atoms with Crippen LogP contribution in [0.15, 0.2) is 67.0 Å². The third kappa shape index (κ3) is 4.64. The largest absolute Gasteiger partial charge is 0.311 e. The molecule has 0 spiro atoms. The number of likely N-dealkylation sites (tertiary alicyclic amines) is 1. The molecule has 1 aromatic carbocycles. The van der Waals surface area contributed by atoms with E-state index in [4.69, 9.17) is 0 Å². The van der Waals surface area contributed by atoms with E-state index in [-0.39, 0.29) is 5.91 Å². The highest BCUT2D eigenvalue weighted by atomic mass is 16.1. The zero-order valence-electron chi connectivity index (χ0n) is 15.9. The standard InChI is InChI=1S/C22H25N5O/c28-22(16-18-6-2-1-3-7-18)25-21-9-13-24-27(21)20-10-14-26(15-11-20)17-19-8-4-5-12-23-19/h1-9,12-13,20H,10-11,14-17H2,(H,25,28). The Morgan fingerprint density at radius 3 is 2.54 bits per heavy atom. The fourth-order valence-electron chi connectivity index (χ4n) is 3.72. The van der Waals surface area contributed by atoms with Crippen molar-refractivity contribution in [1.29, 1.82) is 0 Å². The molecule has 1 aliphatic heterocycles. The Bertz CT molecular complexity index is 886. The molecule has 3 aromatic rings. The first-order valence-electron chi connectivity index (χ1n) is 9.77. The molecule has 0 bridgehead atoms. The Kier molecular flexibility index (Phi) is 5.77. The Labute approximate surface area is 165 Å². The molecular weight excluding hydrogens is 350 g/mol. The minimum absolute atomic E-state index is 0.0134. The lowest BCUT2D eigenvalue weighted by Crippen LogP contribution is -2.35. The van der Waals surface area contributed by atoms with Gasteiger partial charge in [0.2, 0.25) is 5.91 Å². The number of hydrogen-bond donors (Lipinski definition) is 1. The van der Waals surface area contributed by atoms with Crippen molar-refractivity contribution in [2.45, 2.75) is 31.8 Å². The molecule has 6 heteroatoms. The molecule has 1 saturated heterocycles. The lowest BCUT2D eigenvalue weighted by atomic mass is 10.0. The Morgan fingerprint density at radius 1 is 1.00 bits per heavy atom. The average molecular weight is 375 g/mol. The van der Waals surface area contributed by atoms with E-state index < -0.39 is 0 Å². The maximum atomic E-state index is 12.4. The van der Waals surface area contributed by atoms with E-state index in [1.54, 1.807) is 6.20 Å². The minimum Gasteiger partial charge on any atom is -0.311 e. The van der Waals surface area contributed by atoms with Gasteiger partial charge in [-0.2, -0.15) is 5.10 Å². The maximum absolute atomic E-state index is 12.4. The van der Waals surface area contributed by atoms with Gasteiger partial charge in [-0.05, 0) is 30.5 Å². The maximum Gasteiger partial charge on any atom is 0.229 e. The molecule has 1 fully saturated rings. The van der Waals surface area contributed by atoms with E-state index in [2.05, 4.69) is 26.4 Å². The summed E-state index contributed by atoms with van der Waals surface area (Å²) in [6, 6.07) is 18.0. The first kappa shape index (κ1) is 18.4. The van der Waals surface area contributed by atoms with Gasteiger partial charge in [0.05, 0.1) is 24.4 Å². The third-order valence-electron chi connectivity index (χ3n) is 5.16. The van der Waals surface area contributed by atoms with Crippen LogP contribution < -0.4 is 5.32 Å². The van der Waals surface area contributed by atoms with Crippen LogP contribution in [0.25, 0.3) is 0 Å². The second-order valence-electron chi connectivity index (χ2n) is 7.20. The summed E-state index contributed by atoms with van der Waals surface area (Å²) in [6.45, 7) is 2.88. The normalized spacial score (nSPS) is 15.4. The lowest BCUT2D eigenvalue weighted by Gasteiger charge is -2.32. The van der Waals surface area contributed by atoms with E-state index in [0.717, 1.165) is 49.6 Å². The molecule has 3 heterocycles. The lowest BCUT2D eigenvalue weighted by molar-refractivity contribution is -0.115. The van der Waals surface area contributed by atoms with Crippen molar-refractivity contribution in [3.63, 3.8) is 0 Å². The molecule has 0 saturated carbocycles. The summed E-state index contributed by atoms with van der Waals surface area (Å²) in [4.78, 5) is 19.2. The van der Waals surface area contributed by atoms with Gasteiger partial charge >= 0.3 is 0 Å². The number of hydrogen-bond acceptors (Lipinski definition) is 4. The van der Waals surface area contributed by atoms with Crippen molar-refractivity contribution in [3.8, 4) is 0 Å². The van der Waals surface area contributed by atoms with E-state index in [9.17, 15) is 4.79 Å². The summed E-state index contributed by atoms with van der Waals surface area (Å²) in [5.41, 5.74) is 2.11. The molecule has 0 atom stereocenters. The van der Waals surface area contributed by atoms with Crippen LogP contribution in [0.4, 0.5) is 5.82 Å². The van der Waals surface area contributed by atoms with Crippen LogP contribution in [0.1, 0.15) is 30.1 Å². The summed E-state index contributed by atoms with van der Waals surface area (Å²) in [5.74, 6) is 0.768. The van der Waals surface area contributed by atoms with Gasteiger partial charge in [0.15, 0.2) is 0 Å². The van der Waals surface area contributed by atoms with Crippen LogP contribution in [-0.2, 0) is 17.8 Å². The minimum atomic E-state index is -0.0134. The van der Waals surface area contributed by atoms with E-state index in [0.29, 0.717) is 12.5 Å². The molecular formula is C22H25N5O. The van der Waals surface area contributed by atoms with Crippen molar-refractivity contribution >= 4 is 11.7 Å². The molecule has 0 unspecified atom stereocenters. The van der Waals surface area contributed by atoms with Crippen molar-refractivity contribution < 1.29 is 4.79 Å². The monoisotopic (exact) mass is 375 g/mol. The highest BCUT2D eigenvalue weighted by molar-refractivity contribution is 5.91. The highest BCUT2D eigenvalue weighted by Gasteiger charge is 2.23. The predicted octanol–water partition coefficient (Wildman–Crippen LogP) is 3.30. The number of rotatable bonds is 6. The smallest absolute Gasteiger partial charge is 0.229 e. The molecule has 1 N–H and O–H groups in total. The zero-order chi connectivity index (χ0) is 19.2. The number of aromatic nitrogens is 3. The fraction of sp³-hybridized carbons (Fsp3) is 0.318. The Hall–Kier alpha value is -2.99. The van der Waals surface area contributed by atoms with Crippen LogP contribution in [0.2, 0.25) is 0 Å². The number of nitrogens with zero attached hydrogens (tertiary/aromatic N) is 4. The zero-order valence-corrected chi connectivity index (χ0v) is 15.9. The van der Waals surface area contributed by atoms with E-state index in [1.807, 2.05) is 59.4 Å². The Balaban J connectivity index is 1.32. The van der Waals surface area contributed by atoms with Gasteiger partial charge in [0.25, 0.3) is 0 Å². The van der Waals surface area contributed by atoms with Gasteiger partial charge in [-0.25, -0.2) is 4.68 Å². The molecule has 0 aliphatic carbocycles. The number of pyridine rings is 1. The summed E-state index contributed by atoms with van der Waals surface area (Å²) in [5, 5.41) is 7.51. The van der Waals surface area contributed by atoms with E-state index in [1.165, 1.54) is 0 Å². The number of anilines is 1. The molecule has 0 radical (unpaired) electrons. The number of nitrogens with one attached hydrogen (secondary N) is 1. The van der Waals surface area contributed by atoms with Crippen molar-refractivity contribution in [2.24, 2.45) is 0 Å². The third-order valence-corrected chi connectivity index (χ3v) is 5.16. The molecule has 1 aliphatic rings. The second kappa shape index (κ2) is 8.80. The van der Waals surface area contributed by atoms with Gasteiger partial charge in [-0.1, -0.05) is 36.4 Å². The summed E-state index contributed by atoms with van der Waals surface area (Å²) < 4.78 is 1.97. The summed E-state index contributed by atoms with van der Waals surface area (Å²) in [7, 11) is 0. The SMILES string of the molecule is O=C(Cc1ccccc1)Nc1ccnn1C1CCN(Cc2ccccn2)CC1. The average Bonchev–Trinajstić information content (AvgIpc) is 3.18. The number of piperidine rings is 1. The van der Waals surface area contributed by atoms with Gasteiger partial charge in [-0.3, -0.25) is 14.7 Å². The van der Waals surface area contributed by atoms with Crippen LogP contribution in [0.3, 0.4) is 0 Å². The molecule has 2 aromatic heterocycles. The number of amides is 1. The van der Waals surface area contributed by atoms with Crippen LogP contribution >= 0.6 is 0 Å². The molecule has 6 nitrogen and oxygen atoms in total. The number of benzene rings is 1. The van der Waals surface area contributed by atoms with Crippen molar-refractivity contribution in [3.05, 3.63) is 78.2 Å². The van der Waals surface area contributed by atoms with Crippen LogP contribution in [0.5, 0.6) is 0 Å².